The van der Waals surface area contributed by atoms with Crippen molar-refractivity contribution in [3.05, 3.63) is 97.2 Å². The molecular weight excluding hydrogens is 1130 g/mol. The Morgan fingerprint density at radius 3 is 0.622 bits per heavy atom. The lowest BCUT2D eigenvalue weighted by molar-refractivity contribution is -0.138. The minimum absolute atomic E-state index is 0.0869. The van der Waals surface area contributed by atoms with Crippen LogP contribution in [-0.4, -0.2) is 95.9 Å². The Hall–Kier alpha value is -4.69. The van der Waals surface area contributed by atoms with Crippen molar-refractivity contribution in [1.82, 2.24) is 0 Å². The number of aliphatic hydroxyl groups excluding tert-OH is 4. The lowest BCUT2D eigenvalue weighted by Crippen LogP contribution is -2.40. The number of aldehydes is 1. The van der Waals surface area contributed by atoms with Crippen molar-refractivity contribution in [3.63, 3.8) is 0 Å². The summed E-state index contributed by atoms with van der Waals surface area (Å²) in [6, 6.07) is 0. The second-order valence-corrected chi connectivity index (χ2v) is 23.4. The molecule has 0 rings (SSSR count). The van der Waals surface area contributed by atoms with E-state index in [0.29, 0.717) is 25.7 Å². The van der Waals surface area contributed by atoms with E-state index < -0.39 is 48.8 Å². The highest BCUT2D eigenvalue weighted by Crippen LogP contribution is 2.12. The van der Waals surface area contributed by atoms with Gasteiger partial charge in [0, 0.05) is 25.7 Å². The Morgan fingerprint density at radius 1 is 0.278 bits per heavy atom. The summed E-state index contributed by atoms with van der Waals surface area (Å²) in [7, 11) is 0. The molecule has 0 saturated carbocycles. The molecule has 0 bridgehead atoms. The van der Waals surface area contributed by atoms with Crippen LogP contribution in [0.3, 0.4) is 0 Å². The van der Waals surface area contributed by atoms with Crippen molar-refractivity contribution in [3.8, 4) is 0 Å². The predicted molar refractivity (Wildman–Crippen MR) is 379 cm³/mol. The molecule has 0 aliphatic carbocycles. The van der Waals surface area contributed by atoms with Crippen LogP contribution in [0, 0.1) is 0 Å². The smallest absolute Gasteiger partial charge is 0.303 e. The van der Waals surface area contributed by atoms with Crippen LogP contribution in [0.1, 0.15) is 336 Å². The molecule has 0 aliphatic heterocycles. The Labute approximate surface area is 550 Å². The molecule has 0 saturated heterocycles. The molecule has 13 heteroatoms. The van der Waals surface area contributed by atoms with E-state index in [-0.39, 0.29) is 6.29 Å². The molecule has 0 aromatic rings. The Balaban J connectivity index is -0.000000339. The first-order valence-electron chi connectivity index (χ1n) is 35.9. The van der Waals surface area contributed by atoms with Gasteiger partial charge in [-0.1, -0.05) is 253 Å². The van der Waals surface area contributed by atoms with Crippen LogP contribution in [0.5, 0.6) is 0 Å². The van der Waals surface area contributed by atoms with Gasteiger partial charge in [0.15, 0.2) is 6.29 Å². The van der Waals surface area contributed by atoms with Gasteiger partial charge in [-0.3, -0.25) is 19.2 Å². The molecule has 90 heavy (non-hydrogen) atoms. The molecule has 0 fully saturated rings. The van der Waals surface area contributed by atoms with Crippen LogP contribution >= 0.6 is 0 Å². The average molecular weight is 1270 g/mol. The lowest BCUT2D eigenvalue weighted by atomic mass is 10.1. The van der Waals surface area contributed by atoms with Gasteiger partial charge >= 0.3 is 23.9 Å². The quantitative estimate of drug-likeness (QED) is 0.0161. The third-order valence-electron chi connectivity index (χ3n) is 14.4. The van der Waals surface area contributed by atoms with Crippen LogP contribution in [0.2, 0.25) is 0 Å². The molecule has 0 amide bonds. The highest BCUT2D eigenvalue weighted by Gasteiger charge is 2.23. The maximum Gasteiger partial charge on any atom is 0.303 e. The van der Waals surface area contributed by atoms with Gasteiger partial charge in [-0.2, -0.15) is 0 Å². The summed E-state index contributed by atoms with van der Waals surface area (Å²) in [6.07, 6.45) is 84.5. The lowest BCUT2D eigenvalue weighted by Gasteiger charge is -2.16. The molecule has 0 aromatic carbocycles. The minimum Gasteiger partial charge on any atom is -0.481 e. The molecule has 0 radical (unpaired) electrons. The first kappa shape index (κ1) is 94.0. The number of unbranched alkanes of at least 4 members (excludes halogenated alkanes) is 32. The Bertz CT molecular complexity index is 1520. The molecule has 0 unspecified atom stereocenters. The topological polar surface area (TPSA) is 247 Å². The van der Waals surface area contributed by atoms with Gasteiger partial charge in [-0.25, -0.2) is 0 Å². The van der Waals surface area contributed by atoms with Crippen molar-refractivity contribution in [2.75, 3.05) is 6.61 Å². The number of hydrogen-bond acceptors (Lipinski definition) is 9. The monoisotopic (exact) mass is 1270 g/mol. The average Bonchev–Trinajstić information content (AvgIpc) is 3.73. The van der Waals surface area contributed by atoms with Crippen LogP contribution in [0.4, 0.5) is 0 Å². The number of rotatable bonds is 60. The molecule has 0 aromatic heterocycles. The summed E-state index contributed by atoms with van der Waals surface area (Å²) in [5.41, 5.74) is 0. The first-order chi connectivity index (χ1) is 43.7. The van der Waals surface area contributed by atoms with Gasteiger partial charge in [0.2, 0.25) is 0 Å². The van der Waals surface area contributed by atoms with E-state index in [4.69, 9.17) is 40.9 Å². The summed E-state index contributed by atoms with van der Waals surface area (Å²) < 4.78 is 0. The summed E-state index contributed by atoms with van der Waals surface area (Å²) in [6.45, 7) is 8.25. The fraction of sp³-hybridized carbons (Fsp3) is 0.727. The minimum atomic E-state index is -1.64. The number of allylic oxidation sites excluding steroid dienone is 16. The van der Waals surface area contributed by atoms with E-state index in [1.807, 2.05) is 0 Å². The summed E-state index contributed by atoms with van der Waals surface area (Å²) in [5.74, 6) is -2.68. The summed E-state index contributed by atoms with van der Waals surface area (Å²) in [5, 5.41) is 68.1. The highest BCUT2D eigenvalue weighted by atomic mass is 16.4. The molecular formula is C77H138O13. The number of hydrogen-bond donors (Lipinski definition) is 8. The molecule has 8 N–H and O–H groups in total. The maximum absolute atomic E-state index is 10.3. The van der Waals surface area contributed by atoms with Gasteiger partial charge in [0.05, 0.1) is 6.61 Å². The zero-order chi connectivity index (χ0) is 67.7. The number of aliphatic hydroxyl groups is 4. The van der Waals surface area contributed by atoms with E-state index in [1.54, 1.807) is 0 Å². The number of carboxylic acid groups (broad SMARTS) is 4. The third kappa shape index (κ3) is 99.5. The Kier molecular flexibility index (Phi) is 90.2. The van der Waals surface area contributed by atoms with Gasteiger partial charge in [-0.05, 0) is 154 Å². The van der Waals surface area contributed by atoms with Gasteiger partial charge in [0.1, 0.15) is 18.3 Å². The molecule has 0 spiro atoms. The normalized spacial score (nSPS) is 12.5. The van der Waals surface area contributed by atoms with E-state index in [9.17, 15) is 24.0 Å². The largest absolute Gasteiger partial charge is 0.481 e. The van der Waals surface area contributed by atoms with Crippen LogP contribution in [0.15, 0.2) is 97.2 Å². The maximum atomic E-state index is 10.3. The van der Waals surface area contributed by atoms with Gasteiger partial charge in [-0.15, -0.1) is 0 Å². The predicted octanol–water partition coefficient (Wildman–Crippen LogP) is 20.8. The van der Waals surface area contributed by atoms with Gasteiger partial charge in [0.25, 0.3) is 0 Å². The molecule has 524 valence electrons. The number of aliphatic carboxylic acids is 4. The van der Waals surface area contributed by atoms with E-state index in [0.717, 1.165) is 103 Å². The molecule has 0 heterocycles. The summed E-state index contributed by atoms with van der Waals surface area (Å²) >= 11 is 0. The second-order valence-electron chi connectivity index (χ2n) is 23.4. The van der Waals surface area contributed by atoms with Crippen LogP contribution < -0.4 is 0 Å². The molecule has 0 aliphatic rings. The zero-order valence-electron chi connectivity index (χ0n) is 57.8. The Morgan fingerprint density at radius 2 is 0.456 bits per heavy atom. The second kappa shape index (κ2) is 86.4. The molecule has 13 nitrogen and oxygen atoms in total. The fourth-order valence-corrected chi connectivity index (χ4v) is 8.77. The van der Waals surface area contributed by atoms with Crippen molar-refractivity contribution in [2.45, 2.75) is 354 Å². The van der Waals surface area contributed by atoms with Crippen molar-refractivity contribution < 1.29 is 64.8 Å². The summed E-state index contributed by atoms with van der Waals surface area (Å²) in [4.78, 5) is 51.0. The van der Waals surface area contributed by atoms with E-state index >= 15 is 0 Å². The zero-order valence-corrected chi connectivity index (χ0v) is 57.8. The van der Waals surface area contributed by atoms with E-state index in [2.05, 4.69) is 125 Å². The van der Waals surface area contributed by atoms with Crippen molar-refractivity contribution in [2.24, 2.45) is 0 Å². The third-order valence-corrected chi connectivity index (χ3v) is 14.4. The SMILES string of the molecule is CCCCC/C=C\C/C=C\CCCCCCCC(=O)O.CCCCC/C=C\C/C=C\CCCCCCCC(=O)O.CCCCC/C=C\C/C=C\CCCCCCCC(=O)O.CCCCC/C=C\C/C=C\CCCCCCCC(=O)O.O=C[C@H](O)[C@@H](O)[C@H](O)CO. The first-order valence-corrected chi connectivity index (χ1v) is 35.9. The van der Waals surface area contributed by atoms with Crippen molar-refractivity contribution in [1.29, 1.82) is 0 Å². The van der Waals surface area contributed by atoms with Crippen LogP contribution in [0.25, 0.3) is 0 Å². The van der Waals surface area contributed by atoms with E-state index in [1.165, 1.54) is 180 Å². The van der Waals surface area contributed by atoms with Crippen molar-refractivity contribution >= 4 is 30.2 Å². The van der Waals surface area contributed by atoms with Crippen LogP contribution in [-0.2, 0) is 24.0 Å². The standard InChI is InChI=1S/4C18H32O2.C5H10O5/c4*1-2-3-4-5-6-7-8-9-10-11-12-13-14-15-16-17-18(19)20;6-1-3(8)5(10)4(9)2-7/h4*6-7,9-10H,2-5,8,11-17H2,1H3,(H,19,20);1,3-5,7-10H,2H2/b4*7-6-,10-9-;/t;;;;3-,4+,5+/m....0/s1. The highest BCUT2D eigenvalue weighted by molar-refractivity contribution is 5.67. The number of carbonyl (C=O) groups excluding carboxylic acids is 1. The number of carbonyl (C=O) groups is 5. The van der Waals surface area contributed by atoms with Gasteiger partial charge < -0.3 is 45.6 Å². The fourth-order valence-electron chi connectivity index (χ4n) is 8.77. The molecule has 3 atom stereocenters. The number of carboxylic acids is 4.